The van der Waals surface area contributed by atoms with E-state index in [-0.39, 0.29) is 30.7 Å². The molecule has 0 saturated heterocycles. The number of nitrogens with one attached hydrogen (secondary N) is 1. The van der Waals surface area contributed by atoms with Crippen molar-refractivity contribution in [3.8, 4) is 5.75 Å². The van der Waals surface area contributed by atoms with Crippen molar-refractivity contribution in [3.63, 3.8) is 0 Å². The molecule has 0 radical (unpaired) electrons. The Hall–Kier alpha value is -2.73. The van der Waals surface area contributed by atoms with Gasteiger partial charge in [0.2, 0.25) is 5.91 Å². The van der Waals surface area contributed by atoms with Gasteiger partial charge >= 0.3 is 0 Å². The van der Waals surface area contributed by atoms with Crippen molar-refractivity contribution in [2.75, 3.05) is 6.61 Å². The van der Waals surface area contributed by atoms with Gasteiger partial charge in [-0.25, -0.2) is 9.37 Å². The Kier molecular flexibility index (Phi) is 5.96. The highest BCUT2D eigenvalue weighted by molar-refractivity contribution is 7.09. The Balaban J connectivity index is 1.69. The smallest absolute Gasteiger partial charge is 0.226 e. The molecule has 0 spiro atoms. The van der Waals surface area contributed by atoms with Gasteiger partial charge in [-0.05, 0) is 24.6 Å². The van der Waals surface area contributed by atoms with Gasteiger partial charge in [0, 0.05) is 5.38 Å². The standard InChI is InChI=1S/C20H19FN2O2S/c1-14-22-16(13-26-14)11-20(24)23-18(15-7-3-2-4-8-15)12-25-19-10-6-5-9-17(19)21/h2-10,13,18H,11-12H2,1H3,(H,23,24). The minimum atomic E-state index is -0.427. The van der Waals surface area contributed by atoms with Crippen LogP contribution in [0.1, 0.15) is 22.3 Å². The van der Waals surface area contributed by atoms with Gasteiger partial charge in [0.25, 0.3) is 0 Å². The fourth-order valence-corrected chi connectivity index (χ4v) is 3.15. The normalized spacial score (nSPS) is 11.8. The van der Waals surface area contributed by atoms with Crippen LogP contribution < -0.4 is 10.1 Å². The summed E-state index contributed by atoms with van der Waals surface area (Å²) in [6.45, 7) is 2.04. The Morgan fingerprint density at radius 3 is 2.62 bits per heavy atom. The molecule has 1 aromatic heterocycles. The van der Waals surface area contributed by atoms with Crippen LogP contribution >= 0.6 is 11.3 Å². The minimum Gasteiger partial charge on any atom is -0.488 e. The van der Waals surface area contributed by atoms with E-state index in [2.05, 4.69) is 10.3 Å². The minimum absolute atomic E-state index is 0.132. The number of ether oxygens (including phenoxy) is 1. The fraction of sp³-hybridized carbons (Fsp3) is 0.200. The zero-order valence-corrected chi connectivity index (χ0v) is 15.1. The van der Waals surface area contributed by atoms with Gasteiger partial charge in [-0.3, -0.25) is 4.79 Å². The average molecular weight is 370 g/mol. The second-order valence-electron chi connectivity index (χ2n) is 5.81. The highest BCUT2D eigenvalue weighted by Crippen LogP contribution is 2.19. The second-order valence-corrected chi connectivity index (χ2v) is 6.87. The summed E-state index contributed by atoms with van der Waals surface area (Å²) in [5.41, 5.74) is 1.64. The van der Waals surface area contributed by atoms with Gasteiger partial charge in [0.05, 0.1) is 23.2 Å². The number of hydrogen-bond donors (Lipinski definition) is 1. The van der Waals surface area contributed by atoms with Gasteiger partial charge in [-0.2, -0.15) is 0 Å². The summed E-state index contributed by atoms with van der Waals surface area (Å²) in [6, 6.07) is 15.3. The molecule has 26 heavy (non-hydrogen) atoms. The summed E-state index contributed by atoms with van der Waals surface area (Å²) >= 11 is 1.51. The predicted molar refractivity (Wildman–Crippen MR) is 99.8 cm³/mol. The van der Waals surface area contributed by atoms with Crippen LogP contribution in [0.4, 0.5) is 4.39 Å². The van der Waals surface area contributed by atoms with Crippen LogP contribution in [-0.2, 0) is 11.2 Å². The molecule has 3 rings (SSSR count). The summed E-state index contributed by atoms with van der Waals surface area (Å²) in [6.07, 6.45) is 0.202. The van der Waals surface area contributed by atoms with Crippen LogP contribution in [0.3, 0.4) is 0 Å². The average Bonchev–Trinajstić information content (AvgIpc) is 3.05. The summed E-state index contributed by atoms with van der Waals surface area (Å²) in [5.74, 6) is -0.414. The van der Waals surface area contributed by atoms with E-state index in [9.17, 15) is 9.18 Å². The Morgan fingerprint density at radius 1 is 1.19 bits per heavy atom. The van der Waals surface area contributed by atoms with Gasteiger partial charge < -0.3 is 10.1 Å². The van der Waals surface area contributed by atoms with E-state index in [0.717, 1.165) is 16.3 Å². The van der Waals surface area contributed by atoms with Crippen LogP contribution in [0.5, 0.6) is 5.75 Å². The molecule has 0 fully saturated rings. The van der Waals surface area contributed by atoms with Crippen LogP contribution in [0.25, 0.3) is 0 Å². The number of rotatable bonds is 7. The molecule has 4 nitrogen and oxygen atoms in total. The van der Waals surface area contributed by atoms with Gasteiger partial charge in [-0.1, -0.05) is 42.5 Å². The maximum absolute atomic E-state index is 13.8. The number of aryl methyl sites for hydroxylation is 1. The molecule has 0 aliphatic heterocycles. The van der Waals surface area contributed by atoms with E-state index in [1.165, 1.54) is 17.4 Å². The monoisotopic (exact) mass is 370 g/mol. The molecule has 2 aromatic carbocycles. The quantitative estimate of drug-likeness (QED) is 0.682. The first-order valence-electron chi connectivity index (χ1n) is 8.24. The van der Waals surface area contributed by atoms with E-state index >= 15 is 0 Å². The van der Waals surface area contributed by atoms with Crippen LogP contribution in [0, 0.1) is 12.7 Å². The molecule has 3 aromatic rings. The molecular weight excluding hydrogens is 351 g/mol. The zero-order chi connectivity index (χ0) is 18.4. The van der Waals surface area contributed by atoms with E-state index in [1.807, 2.05) is 42.6 Å². The van der Waals surface area contributed by atoms with Crippen molar-refractivity contribution in [1.29, 1.82) is 0 Å². The van der Waals surface area contributed by atoms with E-state index in [1.54, 1.807) is 18.2 Å². The molecule has 1 unspecified atom stereocenters. The van der Waals surface area contributed by atoms with Gasteiger partial charge in [0.15, 0.2) is 11.6 Å². The highest BCUT2D eigenvalue weighted by atomic mass is 32.1. The van der Waals surface area contributed by atoms with E-state index in [4.69, 9.17) is 4.74 Å². The van der Waals surface area contributed by atoms with Crippen LogP contribution in [0.2, 0.25) is 0 Å². The lowest BCUT2D eigenvalue weighted by Crippen LogP contribution is -2.33. The predicted octanol–water partition coefficient (Wildman–Crippen LogP) is 4.07. The summed E-state index contributed by atoms with van der Waals surface area (Å²) in [5, 5.41) is 5.76. The molecule has 134 valence electrons. The van der Waals surface area contributed by atoms with Crippen molar-refractivity contribution in [2.45, 2.75) is 19.4 Å². The first-order valence-corrected chi connectivity index (χ1v) is 9.12. The third-order valence-electron chi connectivity index (χ3n) is 3.79. The van der Waals surface area contributed by atoms with E-state index < -0.39 is 5.82 Å². The van der Waals surface area contributed by atoms with Gasteiger partial charge in [-0.15, -0.1) is 11.3 Å². The maximum Gasteiger partial charge on any atom is 0.226 e. The number of aromatic nitrogens is 1. The third-order valence-corrected chi connectivity index (χ3v) is 4.61. The molecular formula is C20H19FN2O2S. The summed E-state index contributed by atoms with van der Waals surface area (Å²) in [7, 11) is 0. The van der Waals surface area contributed by atoms with Gasteiger partial charge in [0.1, 0.15) is 6.61 Å². The van der Waals surface area contributed by atoms with Crippen molar-refractivity contribution < 1.29 is 13.9 Å². The molecule has 1 heterocycles. The zero-order valence-electron chi connectivity index (χ0n) is 14.3. The molecule has 0 bridgehead atoms. The fourth-order valence-electron chi connectivity index (χ4n) is 2.54. The third kappa shape index (κ3) is 4.89. The Labute approximate surface area is 155 Å². The number of halogens is 1. The first kappa shape index (κ1) is 18.1. The summed E-state index contributed by atoms with van der Waals surface area (Å²) < 4.78 is 19.4. The Morgan fingerprint density at radius 2 is 1.92 bits per heavy atom. The van der Waals surface area contributed by atoms with Crippen LogP contribution in [-0.4, -0.2) is 17.5 Å². The second kappa shape index (κ2) is 8.58. The molecule has 0 saturated carbocycles. The van der Waals surface area contributed by atoms with E-state index in [0.29, 0.717) is 0 Å². The largest absolute Gasteiger partial charge is 0.488 e. The maximum atomic E-state index is 13.8. The lowest BCUT2D eigenvalue weighted by molar-refractivity contribution is -0.121. The molecule has 0 aliphatic carbocycles. The number of carbonyl (C=O) groups excluding carboxylic acids is 1. The number of thiazole rings is 1. The number of para-hydroxylation sites is 1. The SMILES string of the molecule is Cc1nc(CC(=O)NC(COc2ccccc2F)c2ccccc2)cs1. The topological polar surface area (TPSA) is 51.2 Å². The van der Waals surface area contributed by atoms with Crippen molar-refractivity contribution in [3.05, 3.63) is 82.1 Å². The van der Waals surface area contributed by atoms with Crippen molar-refractivity contribution in [1.82, 2.24) is 10.3 Å². The molecule has 6 heteroatoms. The molecule has 1 amide bonds. The highest BCUT2D eigenvalue weighted by Gasteiger charge is 2.17. The number of carbonyl (C=O) groups is 1. The van der Waals surface area contributed by atoms with Crippen molar-refractivity contribution in [2.24, 2.45) is 0 Å². The van der Waals surface area contributed by atoms with Crippen LogP contribution in [0.15, 0.2) is 60.0 Å². The van der Waals surface area contributed by atoms with Crippen molar-refractivity contribution >= 4 is 17.2 Å². The lowest BCUT2D eigenvalue weighted by Gasteiger charge is -2.20. The number of benzene rings is 2. The number of nitrogens with zero attached hydrogens (tertiary/aromatic N) is 1. The molecule has 1 N–H and O–H groups in total. The number of hydrogen-bond acceptors (Lipinski definition) is 4. The first-order chi connectivity index (χ1) is 12.6. The Bertz CT molecular complexity index is 867. The molecule has 0 aliphatic rings. The number of amides is 1. The molecule has 1 atom stereocenters. The lowest BCUT2D eigenvalue weighted by atomic mass is 10.1. The summed E-state index contributed by atoms with van der Waals surface area (Å²) in [4.78, 5) is 16.7.